The summed E-state index contributed by atoms with van der Waals surface area (Å²) in [6.45, 7) is 1.85. The molecular weight excluding hydrogens is 162 g/mol. The van der Waals surface area contributed by atoms with E-state index in [1.807, 2.05) is 0 Å². The van der Waals surface area contributed by atoms with Crippen molar-refractivity contribution in [2.75, 3.05) is 6.61 Å². The van der Waals surface area contributed by atoms with Crippen molar-refractivity contribution in [2.24, 2.45) is 0 Å². The van der Waals surface area contributed by atoms with Crippen molar-refractivity contribution >= 4 is 5.82 Å². The summed E-state index contributed by atoms with van der Waals surface area (Å²) in [7, 11) is 0. The lowest BCUT2D eigenvalue weighted by Crippen LogP contribution is -2.39. The maximum absolute atomic E-state index is 10.4. The van der Waals surface area contributed by atoms with Gasteiger partial charge in [-0.15, -0.1) is 4.57 Å². The van der Waals surface area contributed by atoms with Crippen LogP contribution in [0.4, 0.5) is 5.82 Å². The first kappa shape index (κ1) is 8.66. The molecule has 0 atom stereocenters. The summed E-state index contributed by atoms with van der Waals surface area (Å²) in [5.74, 6) is 0.636. The molecule has 12 heavy (non-hydrogen) atoms. The van der Waals surface area contributed by atoms with Crippen molar-refractivity contribution in [1.29, 1.82) is 0 Å². The number of aryl methyl sites for hydroxylation is 1. The summed E-state index contributed by atoms with van der Waals surface area (Å²) in [5.41, 5.74) is 0. The first-order valence-corrected chi connectivity index (χ1v) is 3.50. The van der Waals surface area contributed by atoms with Gasteiger partial charge in [0.05, 0.1) is 0 Å². The van der Waals surface area contributed by atoms with Gasteiger partial charge in [0.2, 0.25) is 0 Å². The molecular formula is C6H10N3O3+. The van der Waals surface area contributed by atoms with Crippen molar-refractivity contribution in [3.8, 4) is 0 Å². The van der Waals surface area contributed by atoms with Gasteiger partial charge in [0, 0.05) is 6.92 Å². The average Bonchev–Trinajstić information content (AvgIpc) is 2.34. The Bertz CT molecular complexity index is 294. The van der Waals surface area contributed by atoms with E-state index in [2.05, 4.69) is 4.98 Å². The predicted octanol–water partition coefficient (Wildman–Crippen LogP) is -0.489. The van der Waals surface area contributed by atoms with Gasteiger partial charge in [-0.05, 0) is 0 Å². The molecule has 1 rings (SSSR count). The summed E-state index contributed by atoms with van der Waals surface area (Å²) in [6, 6.07) is 0. The molecule has 0 radical (unpaired) electrons. The van der Waals surface area contributed by atoms with Crippen LogP contribution in [0, 0.1) is 17.0 Å². The van der Waals surface area contributed by atoms with Crippen LogP contribution in [0.3, 0.4) is 0 Å². The second-order valence-corrected chi connectivity index (χ2v) is 2.36. The van der Waals surface area contributed by atoms with Gasteiger partial charge >= 0.3 is 5.82 Å². The van der Waals surface area contributed by atoms with Crippen molar-refractivity contribution < 1.29 is 14.6 Å². The maximum Gasteiger partial charge on any atom is 0.519 e. The highest BCUT2D eigenvalue weighted by molar-refractivity contribution is 5.04. The van der Waals surface area contributed by atoms with Crippen LogP contribution in [0.1, 0.15) is 5.82 Å². The lowest BCUT2D eigenvalue weighted by Gasteiger charge is -1.89. The normalized spacial score (nSPS) is 10.2. The van der Waals surface area contributed by atoms with E-state index >= 15 is 0 Å². The number of aromatic amines is 1. The number of aromatic nitrogens is 2. The molecule has 1 aromatic heterocycles. The van der Waals surface area contributed by atoms with Gasteiger partial charge in [-0.3, -0.25) is 10.1 Å². The van der Waals surface area contributed by atoms with Crippen LogP contribution < -0.4 is 4.57 Å². The molecule has 0 spiro atoms. The molecule has 0 aliphatic heterocycles. The summed E-state index contributed by atoms with van der Waals surface area (Å²) in [6.07, 6.45) is 1.31. The maximum atomic E-state index is 10.4. The standard InChI is InChI=1S/C6H9N3O3/c1-5-7-4-6(9(11)12)8(5)2-3-10/h4,10H,2-3H2,1H3/p+1. The zero-order valence-electron chi connectivity index (χ0n) is 6.65. The van der Waals surface area contributed by atoms with Crippen molar-refractivity contribution in [2.45, 2.75) is 13.5 Å². The highest BCUT2D eigenvalue weighted by Gasteiger charge is 2.25. The Labute approximate surface area is 68.6 Å². The number of nitrogens with one attached hydrogen (secondary N) is 1. The number of aliphatic hydroxyl groups excluding tert-OH is 1. The third-order valence-corrected chi connectivity index (χ3v) is 1.60. The molecule has 0 aliphatic carbocycles. The SMILES string of the molecule is Cc1[nH]cc([N+](=O)[O-])[n+]1CCO. The van der Waals surface area contributed by atoms with E-state index < -0.39 is 4.92 Å². The molecule has 0 aromatic carbocycles. The second kappa shape index (κ2) is 3.31. The van der Waals surface area contributed by atoms with Crippen LogP contribution in [0.15, 0.2) is 6.20 Å². The van der Waals surface area contributed by atoms with Crippen molar-refractivity contribution in [3.05, 3.63) is 22.1 Å². The van der Waals surface area contributed by atoms with Gasteiger partial charge in [0.15, 0.2) is 12.7 Å². The third kappa shape index (κ3) is 1.42. The Morgan fingerprint density at radius 2 is 2.50 bits per heavy atom. The van der Waals surface area contributed by atoms with E-state index in [4.69, 9.17) is 5.11 Å². The number of aliphatic hydroxyl groups is 1. The van der Waals surface area contributed by atoms with Gasteiger partial charge in [0.1, 0.15) is 11.5 Å². The third-order valence-electron chi connectivity index (χ3n) is 1.60. The first-order valence-electron chi connectivity index (χ1n) is 3.50. The molecule has 0 unspecified atom stereocenters. The number of rotatable bonds is 3. The van der Waals surface area contributed by atoms with E-state index in [9.17, 15) is 10.1 Å². The van der Waals surface area contributed by atoms with Crippen LogP contribution >= 0.6 is 0 Å². The van der Waals surface area contributed by atoms with Crippen LogP contribution in [0.5, 0.6) is 0 Å². The molecule has 1 heterocycles. The molecule has 0 bridgehead atoms. The van der Waals surface area contributed by atoms with E-state index in [1.165, 1.54) is 10.8 Å². The van der Waals surface area contributed by atoms with E-state index in [0.29, 0.717) is 5.82 Å². The zero-order chi connectivity index (χ0) is 9.14. The Kier molecular flexibility index (Phi) is 2.39. The lowest BCUT2D eigenvalue weighted by molar-refractivity contribution is -0.739. The summed E-state index contributed by atoms with van der Waals surface area (Å²) < 4.78 is 1.42. The summed E-state index contributed by atoms with van der Waals surface area (Å²) >= 11 is 0. The van der Waals surface area contributed by atoms with E-state index in [-0.39, 0.29) is 19.0 Å². The Hall–Kier alpha value is -1.43. The monoisotopic (exact) mass is 172 g/mol. The number of hydrogen-bond donors (Lipinski definition) is 2. The molecule has 0 saturated carbocycles. The molecule has 1 aromatic rings. The van der Waals surface area contributed by atoms with Crippen LogP contribution in [0.2, 0.25) is 0 Å². The lowest BCUT2D eigenvalue weighted by atomic mass is 10.6. The fraction of sp³-hybridized carbons (Fsp3) is 0.500. The highest BCUT2D eigenvalue weighted by atomic mass is 16.6. The quantitative estimate of drug-likeness (QED) is 0.366. The topological polar surface area (TPSA) is 83.0 Å². The molecule has 0 fully saturated rings. The highest BCUT2D eigenvalue weighted by Crippen LogP contribution is 2.02. The summed E-state index contributed by atoms with van der Waals surface area (Å²) in [4.78, 5) is 12.6. The van der Waals surface area contributed by atoms with Gasteiger partial charge in [-0.25, -0.2) is 0 Å². The van der Waals surface area contributed by atoms with Crippen molar-refractivity contribution in [1.82, 2.24) is 4.98 Å². The molecule has 2 N–H and O–H groups in total. The van der Waals surface area contributed by atoms with Gasteiger partial charge in [-0.2, -0.15) is 0 Å². The Morgan fingerprint density at radius 3 is 3.00 bits per heavy atom. The smallest absolute Gasteiger partial charge is 0.390 e. The second-order valence-electron chi connectivity index (χ2n) is 2.36. The van der Waals surface area contributed by atoms with Crippen LogP contribution in [-0.4, -0.2) is 21.6 Å². The molecule has 6 nitrogen and oxygen atoms in total. The molecule has 66 valence electrons. The number of nitro groups is 1. The fourth-order valence-corrected chi connectivity index (χ4v) is 1.03. The number of imidazole rings is 1. The number of H-pyrrole nitrogens is 1. The van der Waals surface area contributed by atoms with E-state index in [0.717, 1.165) is 0 Å². The first-order chi connectivity index (χ1) is 5.66. The summed E-state index contributed by atoms with van der Waals surface area (Å²) in [5, 5.41) is 19.0. The fourth-order valence-electron chi connectivity index (χ4n) is 1.03. The zero-order valence-corrected chi connectivity index (χ0v) is 6.65. The minimum absolute atomic E-state index is 0.0263. The molecule has 0 amide bonds. The average molecular weight is 172 g/mol. The minimum Gasteiger partial charge on any atom is -0.390 e. The van der Waals surface area contributed by atoms with Crippen LogP contribution in [0.25, 0.3) is 0 Å². The Morgan fingerprint density at radius 1 is 1.83 bits per heavy atom. The molecule has 0 aliphatic rings. The number of nitrogens with zero attached hydrogens (tertiary/aromatic N) is 2. The van der Waals surface area contributed by atoms with E-state index in [1.54, 1.807) is 6.92 Å². The van der Waals surface area contributed by atoms with Gasteiger partial charge in [-0.1, -0.05) is 0 Å². The van der Waals surface area contributed by atoms with Gasteiger partial charge in [0.25, 0.3) is 5.82 Å². The molecule has 6 heteroatoms. The van der Waals surface area contributed by atoms with Crippen molar-refractivity contribution in [3.63, 3.8) is 0 Å². The predicted molar refractivity (Wildman–Crippen MR) is 39.5 cm³/mol. The largest absolute Gasteiger partial charge is 0.519 e. The van der Waals surface area contributed by atoms with Crippen LogP contribution in [-0.2, 0) is 6.54 Å². The number of hydrogen-bond acceptors (Lipinski definition) is 3. The minimum atomic E-state index is -0.487. The van der Waals surface area contributed by atoms with Gasteiger partial charge < -0.3 is 10.1 Å². The Balaban J connectivity index is 3.03. The molecule has 0 saturated heterocycles.